The summed E-state index contributed by atoms with van der Waals surface area (Å²) < 4.78 is 0. The largest absolute Gasteiger partial charge is 0.481 e. The van der Waals surface area contributed by atoms with Crippen LogP contribution < -0.4 is 10.6 Å². The number of nitrogens with zero attached hydrogens (tertiary/aromatic N) is 2. The van der Waals surface area contributed by atoms with Crippen LogP contribution in [0.2, 0.25) is 0 Å². The first-order valence-corrected chi connectivity index (χ1v) is 5.38. The topological polar surface area (TPSA) is 104 Å². The Bertz CT molecular complexity index is 392. The minimum absolute atomic E-state index is 0.0684. The van der Waals surface area contributed by atoms with Crippen molar-refractivity contribution in [1.82, 2.24) is 15.5 Å². The van der Waals surface area contributed by atoms with Crippen LogP contribution in [0.5, 0.6) is 0 Å². The molecule has 0 aliphatic rings. The lowest BCUT2D eigenvalue weighted by molar-refractivity contribution is -0.140. The molecule has 1 aromatic heterocycles. The Labute approximate surface area is 95.9 Å². The molecule has 16 heavy (non-hydrogen) atoms. The second kappa shape index (κ2) is 5.40. The number of urea groups is 1. The summed E-state index contributed by atoms with van der Waals surface area (Å²) in [5, 5.41) is 22.0. The molecular formula is C8H12N4O3S. The van der Waals surface area contributed by atoms with Crippen LogP contribution >= 0.6 is 11.3 Å². The van der Waals surface area contributed by atoms with Crippen molar-refractivity contribution < 1.29 is 14.7 Å². The van der Waals surface area contributed by atoms with Gasteiger partial charge < -0.3 is 10.4 Å². The molecular weight excluding hydrogens is 232 g/mol. The highest BCUT2D eigenvalue weighted by atomic mass is 32.1. The number of rotatable bonds is 4. The van der Waals surface area contributed by atoms with Crippen LogP contribution in [0.15, 0.2) is 0 Å². The lowest BCUT2D eigenvalue weighted by Gasteiger charge is -2.07. The molecule has 88 valence electrons. The Kier molecular flexibility index (Phi) is 4.18. The zero-order valence-electron chi connectivity index (χ0n) is 8.85. The molecule has 1 rings (SSSR count). The van der Waals surface area contributed by atoms with Crippen LogP contribution in [0.3, 0.4) is 0 Å². The van der Waals surface area contributed by atoms with Gasteiger partial charge in [0.05, 0.1) is 5.92 Å². The van der Waals surface area contributed by atoms with Crippen molar-refractivity contribution >= 4 is 28.5 Å². The summed E-state index contributed by atoms with van der Waals surface area (Å²) >= 11 is 1.25. The molecule has 1 atom stereocenters. The summed E-state index contributed by atoms with van der Waals surface area (Å²) in [5.41, 5.74) is 0. The van der Waals surface area contributed by atoms with Gasteiger partial charge >= 0.3 is 12.0 Å². The number of hydrogen-bond donors (Lipinski definition) is 3. The molecule has 0 aliphatic carbocycles. The Balaban J connectivity index is 2.34. The monoisotopic (exact) mass is 244 g/mol. The Hall–Kier alpha value is -1.70. The number of anilines is 1. The van der Waals surface area contributed by atoms with E-state index < -0.39 is 17.9 Å². The van der Waals surface area contributed by atoms with Crippen LogP contribution in [-0.4, -0.2) is 33.8 Å². The molecule has 0 aromatic carbocycles. The molecule has 7 nitrogen and oxygen atoms in total. The SMILES string of the molecule is Cc1nnc(NC(=O)NCC(C)C(=O)O)s1. The third kappa shape index (κ3) is 3.81. The highest BCUT2D eigenvalue weighted by Gasteiger charge is 2.12. The van der Waals surface area contributed by atoms with Gasteiger partial charge in [0, 0.05) is 6.54 Å². The second-order valence-corrected chi connectivity index (χ2v) is 4.38. The molecule has 0 spiro atoms. The molecule has 2 amide bonds. The average Bonchev–Trinajstić information content (AvgIpc) is 2.60. The Morgan fingerprint density at radius 2 is 2.19 bits per heavy atom. The minimum Gasteiger partial charge on any atom is -0.481 e. The molecule has 0 aliphatic heterocycles. The van der Waals surface area contributed by atoms with Gasteiger partial charge in [0.1, 0.15) is 5.01 Å². The maximum absolute atomic E-state index is 11.3. The summed E-state index contributed by atoms with van der Waals surface area (Å²) in [4.78, 5) is 21.8. The minimum atomic E-state index is -0.952. The number of carboxylic acid groups (broad SMARTS) is 1. The number of aromatic nitrogens is 2. The van der Waals surface area contributed by atoms with Gasteiger partial charge in [0.2, 0.25) is 5.13 Å². The van der Waals surface area contributed by atoms with Crippen LogP contribution in [0.1, 0.15) is 11.9 Å². The van der Waals surface area contributed by atoms with Gasteiger partial charge in [-0.05, 0) is 6.92 Å². The predicted molar refractivity (Wildman–Crippen MR) is 58.5 cm³/mol. The number of carboxylic acids is 1. The zero-order valence-corrected chi connectivity index (χ0v) is 9.67. The van der Waals surface area contributed by atoms with E-state index in [9.17, 15) is 9.59 Å². The first-order chi connectivity index (χ1) is 7.49. The van der Waals surface area contributed by atoms with Gasteiger partial charge in [-0.25, -0.2) is 4.79 Å². The summed E-state index contributed by atoms with van der Waals surface area (Å²) in [6.45, 7) is 3.35. The van der Waals surface area contributed by atoms with Gasteiger partial charge in [-0.1, -0.05) is 18.3 Å². The maximum Gasteiger partial charge on any atom is 0.321 e. The quantitative estimate of drug-likeness (QED) is 0.722. The molecule has 0 fully saturated rings. The molecule has 0 radical (unpaired) electrons. The van der Waals surface area contributed by atoms with Crippen molar-refractivity contribution in [3.05, 3.63) is 5.01 Å². The van der Waals surface area contributed by atoms with Crippen LogP contribution in [0, 0.1) is 12.8 Å². The predicted octanol–water partition coefficient (Wildman–Crippen LogP) is 0.689. The van der Waals surface area contributed by atoms with E-state index in [-0.39, 0.29) is 6.54 Å². The van der Waals surface area contributed by atoms with E-state index in [2.05, 4.69) is 20.8 Å². The summed E-state index contributed by atoms with van der Waals surface area (Å²) in [5.74, 6) is -1.58. The summed E-state index contributed by atoms with van der Waals surface area (Å²) in [6.07, 6.45) is 0. The van der Waals surface area contributed by atoms with E-state index in [0.717, 1.165) is 5.01 Å². The van der Waals surface area contributed by atoms with E-state index in [1.807, 2.05) is 0 Å². The smallest absolute Gasteiger partial charge is 0.321 e. The number of amides is 2. The van der Waals surface area contributed by atoms with Crippen molar-refractivity contribution in [2.45, 2.75) is 13.8 Å². The molecule has 1 unspecified atom stereocenters. The van der Waals surface area contributed by atoms with Crippen molar-refractivity contribution in [1.29, 1.82) is 0 Å². The fraction of sp³-hybridized carbons (Fsp3) is 0.500. The van der Waals surface area contributed by atoms with Crippen molar-refractivity contribution in [3.63, 3.8) is 0 Å². The number of carbonyl (C=O) groups excluding carboxylic acids is 1. The normalized spacial score (nSPS) is 11.9. The zero-order chi connectivity index (χ0) is 12.1. The van der Waals surface area contributed by atoms with E-state index in [4.69, 9.17) is 5.11 Å². The van der Waals surface area contributed by atoms with Gasteiger partial charge in [0.25, 0.3) is 0 Å². The maximum atomic E-state index is 11.3. The summed E-state index contributed by atoms with van der Waals surface area (Å²) in [7, 11) is 0. The average molecular weight is 244 g/mol. The lowest BCUT2D eigenvalue weighted by Crippen LogP contribution is -2.34. The van der Waals surface area contributed by atoms with E-state index in [1.165, 1.54) is 18.3 Å². The van der Waals surface area contributed by atoms with Crippen LogP contribution in [-0.2, 0) is 4.79 Å². The fourth-order valence-corrected chi connectivity index (χ4v) is 1.41. The Morgan fingerprint density at radius 3 is 2.69 bits per heavy atom. The molecule has 1 aromatic rings. The van der Waals surface area contributed by atoms with E-state index in [1.54, 1.807) is 6.92 Å². The van der Waals surface area contributed by atoms with Gasteiger partial charge in [-0.15, -0.1) is 10.2 Å². The van der Waals surface area contributed by atoms with Crippen LogP contribution in [0.25, 0.3) is 0 Å². The number of aliphatic carboxylic acids is 1. The standard InChI is InChI=1S/C8H12N4O3S/c1-4(6(13)14)3-9-7(15)10-8-12-11-5(2)16-8/h4H,3H2,1-2H3,(H,13,14)(H2,9,10,12,15). The third-order valence-electron chi connectivity index (χ3n) is 1.74. The first-order valence-electron chi connectivity index (χ1n) is 4.57. The number of aryl methyl sites for hydroxylation is 1. The van der Waals surface area contributed by atoms with Crippen molar-refractivity contribution in [3.8, 4) is 0 Å². The third-order valence-corrected chi connectivity index (χ3v) is 2.49. The van der Waals surface area contributed by atoms with E-state index in [0.29, 0.717) is 5.13 Å². The van der Waals surface area contributed by atoms with Crippen LogP contribution in [0.4, 0.5) is 9.93 Å². The fourth-order valence-electron chi connectivity index (χ4n) is 0.821. The molecule has 0 saturated carbocycles. The number of carbonyl (C=O) groups is 2. The number of nitrogens with one attached hydrogen (secondary N) is 2. The van der Waals surface area contributed by atoms with Gasteiger partial charge in [-0.2, -0.15) is 0 Å². The Morgan fingerprint density at radius 1 is 1.50 bits per heavy atom. The molecule has 1 heterocycles. The van der Waals surface area contributed by atoms with Crippen molar-refractivity contribution in [2.75, 3.05) is 11.9 Å². The highest BCUT2D eigenvalue weighted by molar-refractivity contribution is 7.15. The molecule has 0 bridgehead atoms. The molecule has 8 heteroatoms. The van der Waals surface area contributed by atoms with E-state index >= 15 is 0 Å². The summed E-state index contributed by atoms with van der Waals surface area (Å²) in [6, 6.07) is -0.482. The van der Waals surface area contributed by atoms with Crippen molar-refractivity contribution in [2.24, 2.45) is 5.92 Å². The highest BCUT2D eigenvalue weighted by Crippen LogP contribution is 2.12. The molecule has 0 saturated heterocycles. The molecule has 3 N–H and O–H groups in total. The lowest BCUT2D eigenvalue weighted by atomic mass is 10.2. The first kappa shape index (κ1) is 12.4. The second-order valence-electron chi connectivity index (χ2n) is 3.20. The van der Waals surface area contributed by atoms with Gasteiger partial charge in [-0.3, -0.25) is 10.1 Å². The number of hydrogen-bond acceptors (Lipinski definition) is 5. The van der Waals surface area contributed by atoms with Gasteiger partial charge in [0.15, 0.2) is 0 Å².